The minimum absolute atomic E-state index is 0.149. The van der Waals surface area contributed by atoms with Crippen LogP contribution in [0.3, 0.4) is 0 Å². The van der Waals surface area contributed by atoms with Crippen LogP contribution in [0.5, 0.6) is 0 Å². The smallest absolute Gasteiger partial charge is 0.480 e. The van der Waals surface area contributed by atoms with Crippen LogP contribution >= 0.6 is 0 Å². The molecule has 0 aliphatic rings. The van der Waals surface area contributed by atoms with Crippen LogP contribution in [0.2, 0.25) is 0 Å². The highest BCUT2D eigenvalue weighted by Gasteiger charge is 2.34. The van der Waals surface area contributed by atoms with Crippen molar-refractivity contribution in [3.8, 4) is 0 Å². The Morgan fingerprint density at radius 1 is 1.38 bits per heavy atom. The maximum atomic E-state index is 13.1. The number of carbonyl (C=O) groups is 1. The fourth-order valence-electron chi connectivity index (χ4n) is 1.28. The number of carboxylic acid groups (broad SMARTS) is 1. The molecule has 5 nitrogen and oxygen atoms in total. The summed E-state index contributed by atoms with van der Waals surface area (Å²) in [6.45, 7) is 0. The Kier molecular flexibility index (Phi) is 4.42. The van der Waals surface area contributed by atoms with Gasteiger partial charge in [-0.05, 0) is 5.56 Å². The Morgan fingerprint density at radius 2 is 1.94 bits per heavy atom. The van der Waals surface area contributed by atoms with Crippen molar-refractivity contribution in [1.82, 2.24) is 5.03 Å². The third-order valence-corrected chi connectivity index (χ3v) is 2.08. The van der Waals surface area contributed by atoms with Crippen molar-refractivity contribution in [3.05, 3.63) is 35.9 Å². The minimum Gasteiger partial charge on any atom is -0.480 e. The zero-order valence-electron chi connectivity index (χ0n) is 8.32. The highest BCUT2D eigenvalue weighted by molar-refractivity contribution is 6.37. The zero-order chi connectivity index (χ0) is 12.1. The van der Waals surface area contributed by atoms with Gasteiger partial charge < -0.3 is 15.2 Å². The number of nitrogens with zero attached hydrogens (tertiary/aromatic N) is 1. The van der Waals surface area contributed by atoms with Gasteiger partial charge >= 0.3 is 13.2 Å². The van der Waals surface area contributed by atoms with E-state index in [0.717, 1.165) is 0 Å². The van der Waals surface area contributed by atoms with E-state index in [9.17, 15) is 9.28 Å². The topological polar surface area (TPSA) is 81.0 Å². The molecule has 16 heavy (non-hydrogen) atoms. The summed E-state index contributed by atoms with van der Waals surface area (Å²) in [7, 11) is -2.44. The lowest BCUT2D eigenvalue weighted by Crippen LogP contribution is -2.46. The lowest BCUT2D eigenvalue weighted by Gasteiger charge is -2.18. The average molecular weight is 225 g/mol. The van der Waals surface area contributed by atoms with Crippen LogP contribution in [0, 0.1) is 0 Å². The first kappa shape index (κ1) is 12.6. The Bertz CT molecular complexity index is 349. The zero-order valence-corrected chi connectivity index (χ0v) is 8.32. The monoisotopic (exact) mass is 225 g/mol. The van der Waals surface area contributed by atoms with Crippen LogP contribution < -0.4 is 0 Å². The predicted molar refractivity (Wildman–Crippen MR) is 54.7 cm³/mol. The number of hydrogen-bond donors (Lipinski definition) is 3. The van der Waals surface area contributed by atoms with Crippen molar-refractivity contribution >= 4 is 13.2 Å². The highest BCUT2D eigenvalue weighted by Crippen LogP contribution is 2.10. The molecule has 0 saturated carbocycles. The molecule has 0 radical (unpaired) electrons. The lowest BCUT2D eigenvalue weighted by molar-refractivity contribution is -0.147. The molecule has 0 saturated heterocycles. The van der Waals surface area contributed by atoms with E-state index in [2.05, 4.69) is 0 Å². The third-order valence-electron chi connectivity index (χ3n) is 2.08. The number of aliphatic carboxylic acids is 1. The molecule has 0 fully saturated rings. The first-order valence-corrected chi connectivity index (χ1v) is 4.59. The van der Waals surface area contributed by atoms with E-state index in [-0.39, 0.29) is 6.42 Å². The molecule has 86 valence electrons. The van der Waals surface area contributed by atoms with Gasteiger partial charge in [-0.2, -0.15) is 0 Å². The molecule has 0 heterocycles. The summed E-state index contributed by atoms with van der Waals surface area (Å²) in [4.78, 5) is 10.7. The van der Waals surface area contributed by atoms with Gasteiger partial charge in [0.25, 0.3) is 0 Å². The van der Waals surface area contributed by atoms with E-state index >= 15 is 0 Å². The summed E-state index contributed by atoms with van der Waals surface area (Å²) in [6, 6.07) is 6.76. The average Bonchev–Trinajstić information content (AvgIpc) is 2.26. The minimum atomic E-state index is -2.44. The fourth-order valence-corrected chi connectivity index (χ4v) is 1.28. The molecule has 0 amide bonds. The molecule has 1 aromatic rings. The third kappa shape index (κ3) is 3.30. The van der Waals surface area contributed by atoms with Crippen LogP contribution in [0.25, 0.3) is 0 Å². The van der Waals surface area contributed by atoms with Gasteiger partial charge in [0.15, 0.2) is 0 Å². The van der Waals surface area contributed by atoms with E-state index in [1.807, 2.05) is 0 Å². The van der Waals surface area contributed by atoms with Crippen LogP contribution in [0.4, 0.5) is 4.48 Å². The summed E-state index contributed by atoms with van der Waals surface area (Å²) < 4.78 is 13.1. The Labute approximate surface area is 91.8 Å². The fraction of sp³-hybridized carbons (Fsp3) is 0.222. The van der Waals surface area contributed by atoms with Gasteiger partial charge in [0.1, 0.15) is 6.04 Å². The van der Waals surface area contributed by atoms with E-state index in [1.165, 1.54) is 0 Å². The molecule has 0 aromatic heterocycles. The summed E-state index contributed by atoms with van der Waals surface area (Å²) >= 11 is 0. The number of carboxylic acids is 1. The quantitative estimate of drug-likeness (QED) is 0.479. The Hall–Kier alpha value is -1.44. The molecule has 0 bridgehead atoms. The van der Waals surface area contributed by atoms with Gasteiger partial charge in [0, 0.05) is 6.42 Å². The second kappa shape index (κ2) is 5.59. The second-order valence-electron chi connectivity index (χ2n) is 3.23. The van der Waals surface area contributed by atoms with E-state index in [1.54, 1.807) is 30.3 Å². The van der Waals surface area contributed by atoms with Gasteiger partial charge in [0.2, 0.25) is 0 Å². The van der Waals surface area contributed by atoms with Gasteiger partial charge in [-0.1, -0.05) is 30.3 Å². The summed E-state index contributed by atoms with van der Waals surface area (Å²) in [5.41, 5.74) is 0.596. The van der Waals surface area contributed by atoms with Gasteiger partial charge in [0.05, 0.1) is 0 Å². The van der Waals surface area contributed by atoms with Crippen molar-refractivity contribution in [2.45, 2.75) is 12.5 Å². The van der Waals surface area contributed by atoms with Crippen molar-refractivity contribution in [1.29, 1.82) is 0 Å². The largest absolute Gasteiger partial charge is 0.582 e. The first-order chi connectivity index (χ1) is 7.52. The number of rotatable bonds is 5. The van der Waals surface area contributed by atoms with Gasteiger partial charge in [-0.25, -0.2) is 0 Å². The van der Waals surface area contributed by atoms with Crippen LogP contribution in [0.1, 0.15) is 5.56 Å². The molecule has 1 rings (SSSR count). The second-order valence-corrected chi connectivity index (χ2v) is 3.23. The maximum absolute atomic E-state index is 13.1. The maximum Gasteiger partial charge on any atom is 0.582 e. The van der Waals surface area contributed by atoms with Crippen molar-refractivity contribution in [2.24, 2.45) is 0 Å². The molecular weight excluding hydrogens is 214 g/mol. The highest BCUT2D eigenvalue weighted by atomic mass is 18.3. The first-order valence-electron chi connectivity index (χ1n) is 4.59. The number of halogens is 1. The molecule has 0 aliphatic heterocycles. The molecule has 1 aromatic carbocycles. The van der Waals surface area contributed by atoms with E-state index < -0.39 is 24.3 Å². The molecule has 0 spiro atoms. The summed E-state index contributed by atoms with van der Waals surface area (Å²) in [5.74, 6) is -1.46. The van der Waals surface area contributed by atoms with Crippen molar-refractivity contribution < 1.29 is 24.4 Å². The molecular formula is C9H11BFNO4. The molecule has 0 unspecified atom stereocenters. The molecule has 7 heteroatoms. The van der Waals surface area contributed by atoms with Gasteiger partial charge in [-0.15, -0.1) is 9.51 Å². The van der Waals surface area contributed by atoms with Crippen LogP contribution in [-0.4, -0.2) is 39.5 Å². The number of benzene rings is 1. The standard InChI is InChI=1S/C9H11BFNO4/c11-12(10(15)16)8(9(13)14)6-7-4-2-1-3-5-7/h1-5,8,15-16H,6H2,(H,13,14)/t8-/m0/s1/i10-1,11-1. The van der Waals surface area contributed by atoms with Gasteiger partial charge in [-0.3, -0.25) is 4.79 Å². The normalized spacial score (nSPS) is 12.5. The van der Waals surface area contributed by atoms with E-state index in [0.29, 0.717) is 5.56 Å². The van der Waals surface area contributed by atoms with Crippen LogP contribution in [0.15, 0.2) is 30.3 Å². The molecule has 1 atom stereocenters. The lowest BCUT2D eigenvalue weighted by atomic mass is 9.45. The molecule has 0 aliphatic carbocycles. The Balaban J connectivity index is 2.77. The molecule has 3 N–H and O–H groups in total. The van der Waals surface area contributed by atoms with E-state index in [4.69, 9.17) is 15.2 Å². The predicted octanol–water partition coefficient (Wildman–Crippen LogP) is -0.162. The van der Waals surface area contributed by atoms with Crippen LogP contribution in [-0.2, 0) is 11.2 Å². The van der Waals surface area contributed by atoms with Crippen molar-refractivity contribution in [2.75, 3.05) is 0 Å². The number of hydrogen-bond acceptors (Lipinski definition) is 4. The summed E-state index contributed by atoms with van der Waals surface area (Å²) in [5, 5.41) is 25.4. The Morgan fingerprint density at radius 3 is 2.38 bits per heavy atom. The summed E-state index contributed by atoms with van der Waals surface area (Å²) in [6.07, 6.45) is -0.149. The van der Waals surface area contributed by atoms with Crippen molar-refractivity contribution in [3.63, 3.8) is 0 Å². The SMILES string of the molecule is O=C(O)[C@H](Cc1ccccc1)N([18F])[10B](O)O.